The van der Waals surface area contributed by atoms with Crippen molar-refractivity contribution in [3.63, 3.8) is 0 Å². The average Bonchev–Trinajstić information content (AvgIpc) is 2.69. The van der Waals surface area contributed by atoms with Crippen molar-refractivity contribution in [3.8, 4) is 11.3 Å². The van der Waals surface area contributed by atoms with E-state index >= 15 is 0 Å². The molecule has 2 aromatic rings. The normalized spacial score (nSPS) is 11.1. The van der Waals surface area contributed by atoms with Crippen LogP contribution in [0.4, 0.5) is 0 Å². The van der Waals surface area contributed by atoms with Crippen LogP contribution >= 0.6 is 0 Å². The zero-order valence-corrected chi connectivity index (χ0v) is 10.6. The molecule has 0 fully saturated rings. The van der Waals surface area contributed by atoms with Crippen molar-refractivity contribution in [1.82, 2.24) is 15.3 Å². The van der Waals surface area contributed by atoms with Crippen LogP contribution in [0.5, 0.6) is 0 Å². The van der Waals surface area contributed by atoms with E-state index in [1.807, 2.05) is 18.2 Å². The first-order valence-corrected chi connectivity index (χ1v) is 6.01. The van der Waals surface area contributed by atoms with E-state index in [1.165, 1.54) is 0 Å². The number of H-pyrrole nitrogens is 1. The van der Waals surface area contributed by atoms with Gasteiger partial charge in [-0.15, -0.1) is 0 Å². The topological polar surface area (TPSA) is 40.7 Å². The molecule has 1 aromatic heterocycles. The lowest BCUT2D eigenvalue weighted by atomic mass is 10.1. The van der Waals surface area contributed by atoms with E-state index in [0.717, 1.165) is 29.3 Å². The molecule has 0 saturated carbocycles. The lowest BCUT2D eigenvalue weighted by Gasteiger charge is -2.04. The van der Waals surface area contributed by atoms with Crippen LogP contribution in [-0.2, 0) is 6.54 Å². The Kier molecular flexibility index (Phi) is 3.59. The van der Waals surface area contributed by atoms with E-state index in [2.05, 4.69) is 48.2 Å². The van der Waals surface area contributed by atoms with Gasteiger partial charge in [-0.3, -0.25) is 0 Å². The van der Waals surface area contributed by atoms with Crippen LogP contribution in [0.1, 0.15) is 25.4 Å². The summed E-state index contributed by atoms with van der Waals surface area (Å²) in [4.78, 5) is 7.96. The van der Waals surface area contributed by atoms with Crippen LogP contribution in [-0.4, -0.2) is 16.0 Å². The number of rotatable bonds is 4. The molecule has 3 heteroatoms. The van der Waals surface area contributed by atoms with Gasteiger partial charge in [-0.25, -0.2) is 4.98 Å². The molecule has 0 radical (unpaired) electrons. The monoisotopic (exact) mass is 229 g/mol. The van der Waals surface area contributed by atoms with E-state index in [1.54, 1.807) is 0 Å². The molecule has 2 N–H and O–H groups in total. The standard InChI is InChI=1S/C14H19N3/c1-10(2)15-9-13-16-11(3)14(17-13)12-7-5-4-6-8-12/h4-8,10,15H,9H2,1-3H3,(H,16,17). The fraction of sp³-hybridized carbons (Fsp3) is 0.357. The highest BCUT2D eigenvalue weighted by molar-refractivity contribution is 5.61. The van der Waals surface area contributed by atoms with E-state index in [4.69, 9.17) is 0 Å². The van der Waals surface area contributed by atoms with Crippen molar-refractivity contribution in [1.29, 1.82) is 0 Å². The van der Waals surface area contributed by atoms with Crippen LogP contribution in [0.15, 0.2) is 30.3 Å². The van der Waals surface area contributed by atoms with Crippen LogP contribution in [0.2, 0.25) is 0 Å². The van der Waals surface area contributed by atoms with Gasteiger partial charge in [-0.05, 0) is 6.92 Å². The third-order valence-electron chi connectivity index (χ3n) is 2.66. The van der Waals surface area contributed by atoms with E-state index < -0.39 is 0 Å². The van der Waals surface area contributed by atoms with Crippen LogP contribution in [0.25, 0.3) is 11.3 Å². The first kappa shape index (κ1) is 11.9. The Morgan fingerprint density at radius 2 is 1.94 bits per heavy atom. The van der Waals surface area contributed by atoms with Gasteiger partial charge in [0, 0.05) is 17.3 Å². The van der Waals surface area contributed by atoms with Crippen molar-refractivity contribution in [2.45, 2.75) is 33.4 Å². The smallest absolute Gasteiger partial charge is 0.121 e. The quantitative estimate of drug-likeness (QED) is 0.846. The Bertz CT molecular complexity index is 471. The number of nitrogens with one attached hydrogen (secondary N) is 2. The third kappa shape index (κ3) is 2.94. The second-order valence-electron chi connectivity index (χ2n) is 4.56. The van der Waals surface area contributed by atoms with Gasteiger partial charge in [-0.1, -0.05) is 44.2 Å². The fourth-order valence-electron chi connectivity index (χ4n) is 1.78. The molecular weight excluding hydrogens is 210 g/mol. The van der Waals surface area contributed by atoms with Crippen molar-refractivity contribution < 1.29 is 0 Å². The van der Waals surface area contributed by atoms with Gasteiger partial charge in [-0.2, -0.15) is 0 Å². The lowest BCUT2D eigenvalue weighted by Crippen LogP contribution is -2.22. The highest BCUT2D eigenvalue weighted by atomic mass is 15.0. The fourth-order valence-corrected chi connectivity index (χ4v) is 1.78. The summed E-state index contributed by atoms with van der Waals surface area (Å²) in [6.45, 7) is 7.11. The van der Waals surface area contributed by atoms with Crippen molar-refractivity contribution in [2.75, 3.05) is 0 Å². The number of benzene rings is 1. The summed E-state index contributed by atoms with van der Waals surface area (Å²) in [5.74, 6) is 0.995. The minimum absolute atomic E-state index is 0.473. The Morgan fingerprint density at radius 1 is 1.24 bits per heavy atom. The predicted molar refractivity (Wildman–Crippen MR) is 70.7 cm³/mol. The number of imidazole rings is 1. The highest BCUT2D eigenvalue weighted by Crippen LogP contribution is 2.20. The summed E-state index contributed by atoms with van der Waals surface area (Å²) in [6, 6.07) is 10.7. The minimum Gasteiger partial charge on any atom is -0.344 e. The van der Waals surface area contributed by atoms with Crippen LogP contribution < -0.4 is 5.32 Å². The Hall–Kier alpha value is -1.61. The molecule has 0 unspecified atom stereocenters. The minimum atomic E-state index is 0.473. The SMILES string of the molecule is Cc1[nH]c(CNC(C)C)nc1-c1ccccc1. The maximum atomic E-state index is 4.63. The molecule has 0 aliphatic heterocycles. The van der Waals surface area contributed by atoms with Gasteiger partial charge in [0.15, 0.2) is 0 Å². The zero-order valence-electron chi connectivity index (χ0n) is 10.6. The maximum Gasteiger partial charge on any atom is 0.121 e. The molecule has 0 spiro atoms. The number of aromatic nitrogens is 2. The molecular formula is C14H19N3. The van der Waals surface area contributed by atoms with Crippen molar-refractivity contribution >= 4 is 0 Å². The molecule has 2 rings (SSSR count). The summed E-state index contributed by atoms with van der Waals surface area (Å²) in [5, 5.41) is 3.36. The molecule has 0 atom stereocenters. The number of hydrogen-bond donors (Lipinski definition) is 2. The lowest BCUT2D eigenvalue weighted by molar-refractivity contribution is 0.575. The predicted octanol–water partition coefficient (Wildman–Crippen LogP) is 2.88. The van der Waals surface area contributed by atoms with E-state index in [0.29, 0.717) is 6.04 Å². The number of hydrogen-bond acceptors (Lipinski definition) is 2. The Balaban J connectivity index is 2.20. The van der Waals surface area contributed by atoms with Crippen LogP contribution in [0.3, 0.4) is 0 Å². The van der Waals surface area contributed by atoms with Gasteiger partial charge in [0.2, 0.25) is 0 Å². The van der Waals surface area contributed by atoms with Crippen molar-refractivity contribution in [3.05, 3.63) is 41.9 Å². The van der Waals surface area contributed by atoms with Gasteiger partial charge in [0.1, 0.15) is 5.82 Å². The van der Waals surface area contributed by atoms with Crippen LogP contribution in [0, 0.1) is 6.92 Å². The third-order valence-corrected chi connectivity index (χ3v) is 2.66. The molecule has 0 aliphatic carbocycles. The molecule has 0 bridgehead atoms. The molecule has 90 valence electrons. The summed E-state index contributed by atoms with van der Waals surface area (Å²) >= 11 is 0. The summed E-state index contributed by atoms with van der Waals surface area (Å²) < 4.78 is 0. The summed E-state index contributed by atoms with van der Waals surface area (Å²) in [7, 11) is 0. The second-order valence-corrected chi connectivity index (χ2v) is 4.56. The Labute approximate surface area is 102 Å². The zero-order chi connectivity index (χ0) is 12.3. The van der Waals surface area contributed by atoms with Crippen molar-refractivity contribution in [2.24, 2.45) is 0 Å². The molecule has 0 aliphatic rings. The molecule has 1 heterocycles. The van der Waals surface area contributed by atoms with Gasteiger partial charge in [0.05, 0.1) is 12.2 Å². The molecule has 1 aromatic carbocycles. The van der Waals surface area contributed by atoms with E-state index in [9.17, 15) is 0 Å². The Morgan fingerprint density at radius 3 is 2.59 bits per heavy atom. The maximum absolute atomic E-state index is 4.63. The molecule has 17 heavy (non-hydrogen) atoms. The molecule has 0 amide bonds. The number of aryl methyl sites for hydroxylation is 1. The first-order valence-electron chi connectivity index (χ1n) is 6.01. The highest BCUT2D eigenvalue weighted by Gasteiger charge is 2.08. The number of nitrogens with zero attached hydrogens (tertiary/aromatic N) is 1. The average molecular weight is 229 g/mol. The summed E-state index contributed by atoms with van der Waals surface area (Å²) in [5.41, 5.74) is 3.33. The van der Waals surface area contributed by atoms with Gasteiger partial charge >= 0.3 is 0 Å². The second kappa shape index (κ2) is 5.15. The molecule has 3 nitrogen and oxygen atoms in total. The molecule has 0 saturated heterocycles. The largest absolute Gasteiger partial charge is 0.344 e. The number of aromatic amines is 1. The summed E-state index contributed by atoms with van der Waals surface area (Å²) in [6.07, 6.45) is 0. The van der Waals surface area contributed by atoms with Gasteiger partial charge < -0.3 is 10.3 Å². The van der Waals surface area contributed by atoms with E-state index in [-0.39, 0.29) is 0 Å². The first-order chi connectivity index (χ1) is 8.16. The van der Waals surface area contributed by atoms with Gasteiger partial charge in [0.25, 0.3) is 0 Å².